The third-order valence-electron chi connectivity index (χ3n) is 3.22. The van der Waals surface area contributed by atoms with Gasteiger partial charge in [0.15, 0.2) is 0 Å². The lowest BCUT2D eigenvalue weighted by atomic mass is 10.2. The molecule has 1 aromatic heterocycles. The highest BCUT2D eigenvalue weighted by atomic mass is 32.1. The van der Waals surface area contributed by atoms with E-state index in [0.717, 1.165) is 26.1 Å². The smallest absolute Gasteiger partial charge is 0.317 e. The highest BCUT2D eigenvalue weighted by Gasteiger charge is 2.26. The van der Waals surface area contributed by atoms with E-state index in [2.05, 4.69) is 22.4 Å². The first-order chi connectivity index (χ1) is 8.15. The van der Waals surface area contributed by atoms with Crippen LogP contribution < -0.4 is 0 Å². The summed E-state index contributed by atoms with van der Waals surface area (Å²) in [7, 11) is 1.90. The molecule has 1 unspecified atom stereocenters. The second-order valence-electron chi connectivity index (χ2n) is 4.57. The van der Waals surface area contributed by atoms with Gasteiger partial charge in [-0.15, -0.1) is 11.3 Å². The summed E-state index contributed by atoms with van der Waals surface area (Å²) >= 11 is 1.78. The quantitative estimate of drug-likeness (QED) is 0.861. The summed E-state index contributed by atoms with van der Waals surface area (Å²) in [6, 6.07) is 4.61. The molecule has 2 heterocycles. The third kappa shape index (κ3) is 3.52. The maximum atomic E-state index is 10.7. The summed E-state index contributed by atoms with van der Waals surface area (Å²) in [5.41, 5.74) is 0. The molecule has 0 saturated carbocycles. The van der Waals surface area contributed by atoms with Crippen molar-refractivity contribution < 1.29 is 9.90 Å². The van der Waals surface area contributed by atoms with E-state index < -0.39 is 5.97 Å². The number of aliphatic carboxylic acids is 1. The van der Waals surface area contributed by atoms with E-state index in [1.165, 1.54) is 4.88 Å². The van der Waals surface area contributed by atoms with Gasteiger partial charge < -0.3 is 5.11 Å². The first kappa shape index (κ1) is 12.5. The van der Waals surface area contributed by atoms with Gasteiger partial charge in [-0.05, 0) is 24.9 Å². The molecule has 0 amide bonds. The number of thiophene rings is 1. The Kier molecular flexibility index (Phi) is 4.15. The average Bonchev–Trinajstić information content (AvgIpc) is 2.88. The summed E-state index contributed by atoms with van der Waals surface area (Å²) in [6.07, 6.45) is 1.06. The minimum absolute atomic E-state index is 0.136. The second kappa shape index (κ2) is 5.62. The highest BCUT2D eigenvalue weighted by Crippen LogP contribution is 2.19. The monoisotopic (exact) mass is 254 g/mol. The average molecular weight is 254 g/mol. The summed E-state index contributed by atoms with van der Waals surface area (Å²) in [4.78, 5) is 16.4. The molecule has 5 heteroatoms. The number of carboxylic acid groups (broad SMARTS) is 1. The molecule has 4 nitrogen and oxygen atoms in total. The largest absolute Gasteiger partial charge is 0.480 e. The van der Waals surface area contributed by atoms with Crippen LogP contribution in [0.2, 0.25) is 0 Å². The summed E-state index contributed by atoms with van der Waals surface area (Å²) in [5.74, 6) is -0.746. The van der Waals surface area contributed by atoms with E-state index in [1.54, 1.807) is 11.3 Å². The molecule has 2 rings (SSSR count). The predicted molar refractivity (Wildman–Crippen MR) is 68.3 cm³/mol. The molecule has 1 atom stereocenters. The third-order valence-corrected chi connectivity index (χ3v) is 4.08. The van der Waals surface area contributed by atoms with Gasteiger partial charge in [-0.1, -0.05) is 6.07 Å². The molecule has 1 aliphatic heterocycles. The molecule has 1 saturated heterocycles. The number of rotatable bonds is 5. The number of hydrogen-bond donors (Lipinski definition) is 1. The Bertz CT molecular complexity index is 367. The van der Waals surface area contributed by atoms with Crippen LogP contribution in [0.5, 0.6) is 0 Å². The first-order valence-electron chi connectivity index (χ1n) is 5.82. The van der Waals surface area contributed by atoms with Crippen molar-refractivity contribution in [2.24, 2.45) is 0 Å². The van der Waals surface area contributed by atoms with Crippen molar-refractivity contribution >= 4 is 17.3 Å². The van der Waals surface area contributed by atoms with E-state index in [4.69, 9.17) is 5.11 Å². The number of carboxylic acids is 1. The molecule has 1 aliphatic rings. The summed E-state index contributed by atoms with van der Waals surface area (Å²) in [6.45, 7) is 3.17. The van der Waals surface area contributed by atoms with Crippen LogP contribution in [0.4, 0.5) is 0 Å². The number of hydrogen-bond acceptors (Lipinski definition) is 4. The molecule has 17 heavy (non-hydrogen) atoms. The van der Waals surface area contributed by atoms with Crippen molar-refractivity contribution in [3.8, 4) is 0 Å². The molecule has 0 radical (unpaired) electrons. The van der Waals surface area contributed by atoms with Gasteiger partial charge >= 0.3 is 5.97 Å². The zero-order chi connectivity index (χ0) is 12.3. The number of likely N-dealkylation sites (tertiary alicyclic amines) is 1. The maximum Gasteiger partial charge on any atom is 0.317 e. The fraction of sp³-hybridized carbons (Fsp3) is 0.583. The van der Waals surface area contributed by atoms with Crippen LogP contribution in [-0.4, -0.2) is 53.6 Å². The van der Waals surface area contributed by atoms with Crippen LogP contribution in [-0.2, 0) is 11.3 Å². The van der Waals surface area contributed by atoms with Crippen molar-refractivity contribution in [3.63, 3.8) is 0 Å². The number of nitrogens with zero attached hydrogens (tertiary/aromatic N) is 2. The normalized spacial score (nSPS) is 21.2. The van der Waals surface area contributed by atoms with Crippen molar-refractivity contribution in [1.29, 1.82) is 0 Å². The van der Waals surface area contributed by atoms with E-state index in [0.29, 0.717) is 6.04 Å². The zero-order valence-electron chi connectivity index (χ0n) is 10.0. The van der Waals surface area contributed by atoms with Crippen molar-refractivity contribution in [2.45, 2.75) is 19.0 Å². The van der Waals surface area contributed by atoms with Crippen molar-refractivity contribution in [2.75, 3.05) is 26.7 Å². The van der Waals surface area contributed by atoms with Gasteiger partial charge in [-0.2, -0.15) is 0 Å². The standard InChI is InChI=1S/C12H18N2O2S/c1-13(9-12(15)16)10-4-5-14(7-10)8-11-3-2-6-17-11/h2-3,6,10H,4-5,7-9H2,1H3,(H,15,16). The van der Waals surface area contributed by atoms with E-state index in [-0.39, 0.29) is 6.54 Å². The Morgan fingerprint density at radius 2 is 2.53 bits per heavy atom. The molecule has 0 spiro atoms. The molecule has 1 fully saturated rings. The van der Waals surface area contributed by atoms with E-state index >= 15 is 0 Å². The number of carbonyl (C=O) groups is 1. The van der Waals surface area contributed by atoms with Gasteiger partial charge in [0.05, 0.1) is 6.54 Å². The Morgan fingerprint density at radius 3 is 3.18 bits per heavy atom. The fourth-order valence-corrected chi connectivity index (χ4v) is 3.03. The number of likely N-dealkylation sites (N-methyl/N-ethyl adjacent to an activating group) is 1. The van der Waals surface area contributed by atoms with Crippen LogP contribution in [0, 0.1) is 0 Å². The van der Waals surface area contributed by atoms with Crippen LogP contribution in [0.1, 0.15) is 11.3 Å². The topological polar surface area (TPSA) is 43.8 Å². The van der Waals surface area contributed by atoms with Gasteiger partial charge in [0, 0.05) is 30.6 Å². The Morgan fingerprint density at radius 1 is 1.71 bits per heavy atom. The van der Waals surface area contributed by atoms with Crippen LogP contribution in [0.25, 0.3) is 0 Å². The van der Waals surface area contributed by atoms with Crippen LogP contribution >= 0.6 is 11.3 Å². The van der Waals surface area contributed by atoms with Gasteiger partial charge in [0.2, 0.25) is 0 Å². The van der Waals surface area contributed by atoms with Gasteiger partial charge in [-0.3, -0.25) is 14.6 Å². The molecule has 1 N–H and O–H groups in total. The summed E-state index contributed by atoms with van der Waals surface area (Å²) in [5, 5.41) is 10.9. The van der Waals surface area contributed by atoms with Crippen molar-refractivity contribution in [1.82, 2.24) is 9.80 Å². The maximum absolute atomic E-state index is 10.7. The fourth-order valence-electron chi connectivity index (χ4n) is 2.28. The lowest BCUT2D eigenvalue weighted by Gasteiger charge is -2.22. The van der Waals surface area contributed by atoms with Gasteiger partial charge in [-0.25, -0.2) is 0 Å². The minimum Gasteiger partial charge on any atom is -0.480 e. The highest BCUT2D eigenvalue weighted by molar-refractivity contribution is 7.09. The van der Waals surface area contributed by atoms with Gasteiger partial charge in [0.1, 0.15) is 0 Å². The molecular formula is C12H18N2O2S. The molecule has 0 bridgehead atoms. The second-order valence-corrected chi connectivity index (χ2v) is 5.60. The first-order valence-corrected chi connectivity index (χ1v) is 6.70. The molecule has 0 aromatic carbocycles. The van der Waals surface area contributed by atoms with Crippen molar-refractivity contribution in [3.05, 3.63) is 22.4 Å². The summed E-state index contributed by atoms with van der Waals surface area (Å²) < 4.78 is 0. The Hall–Kier alpha value is -0.910. The molecular weight excluding hydrogens is 236 g/mol. The minimum atomic E-state index is -0.746. The lowest BCUT2D eigenvalue weighted by Crippen LogP contribution is -2.37. The predicted octanol–water partition coefficient (Wildman–Crippen LogP) is 1.34. The SMILES string of the molecule is CN(CC(=O)O)C1CCN(Cc2cccs2)C1. The van der Waals surface area contributed by atoms with Crippen LogP contribution in [0.15, 0.2) is 17.5 Å². The molecule has 1 aromatic rings. The van der Waals surface area contributed by atoms with E-state index in [1.807, 2.05) is 11.9 Å². The molecule has 0 aliphatic carbocycles. The van der Waals surface area contributed by atoms with Crippen LogP contribution in [0.3, 0.4) is 0 Å². The van der Waals surface area contributed by atoms with Gasteiger partial charge in [0.25, 0.3) is 0 Å². The lowest BCUT2D eigenvalue weighted by molar-refractivity contribution is -0.138. The Labute approximate surface area is 105 Å². The Balaban J connectivity index is 1.81. The molecule has 94 valence electrons. The zero-order valence-corrected chi connectivity index (χ0v) is 10.8. The van der Waals surface area contributed by atoms with E-state index in [9.17, 15) is 4.79 Å².